The zero-order valence-electron chi connectivity index (χ0n) is 12.7. The lowest BCUT2D eigenvalue weighted by molar-refractivity contribution is -0.129. The molecule has 1 amide bonds. The summed E-state index contributed by atoms with van der Waals surface area (Å²) >= 11 is 0. The highest BCUT2D eigenvalue weighted by Gasteiger charge is 2.19. The second-order valence-electron chi connectivity index (χ2n) is 5.23. The Morgan fingerprint density at radius 3 is 2.96 bits per heavy atom. The number of hydrogen-bond donors (Lipinski definition) is 4. The number of benzene rings is 1. The molecule has 11 nitrogen and oxygen atoms in total. The number of hydrogen-bond acceptors (Lipinski definition) is 9. The molecule has 0 atom stereocenters. The Hall–Kier alpha value is -3.73. The van der Waals surface area contributed by atoms with Crippen molar-refractivity contribution in [2.45, 2.75) is 6.54 Å². The number of oxazole rings is 1. The summed E-state index contributed by atoms with van der Waals surface area (Å²) < 4.78 is 6.58. The molecule has 0 fully saturated rings. The van der Waals surface area contributed by atoms with E-state index in [2.05, 4.69) is 20.1 Å². The van der Waals surface area contributed by atoms with Crippen LogP contribution in [0.1, 0.15) is 0 Å². The number of carbonyl (C=O) groups excluding carboxylic acids is 1. The molecule has 126 valence electrons. The van der Waals surface area contributed by atoms with Crippen molar-refractivity contribution in [2.75, 3.05) is 11.5 Å². The summed E-state index contributed by atoms with van der Waals surface area (Å²) in [5.74, 6) is -0.428. The third-order valence-corrected chi connectivity index (χ3v) is 3.65. The lowest BCUT2D eigenvalue weighted by atomic mass is 10.1. The number of rotatable bonds is 3. The maximum Gasteiger partial charge on any atom is 0.292 e. The molecule has 6 N–H and O–H groups in total. The summed E-state index contributed by atoms with van der Waals surface area (Å²) in [5, 5.41) is 13.6. The van der Waals surface area contributed by atoms with Gasteiger partial charge in [-0.1, -0.05) is 0 Å². The van der Waals surface area contributed by atoms with Crippen molar-refractivity contribution in [3.05, 3.63) is 24.5 Å². The van der Waals surface area contributed by atoms with E-state index in [9.17, 15) is 4.79 Å². The topological polar surface area (TPSA) is 171 Å². The number of nitrogens with one attached hydrogen (secondary N) is 1. The van der Waals surface area contributed by atoms with E-state index in [1.54, 1.807) is 23.7 Å². The van der Waals surface area contributed by atoms with Crippen LogP contribution in [-0.2, 0) is 11.3 Å². The first kappa shape index (κ1) is 14.8. The number of nitrogens with zero attached hydrogens (tertiary/aromatic N) is 5. The monoisotopic (exact) mass is 340 g/mol. The zero-order chi connectivity index (χ0) is 17.6. The van der Waals surface area contributed by atoms with Crippen molar-refractivity contribution < 1.29 is 14.4 Å². The molecular weight excluding hydrogens is 328 g/mol. The first-order valence-corrected chi connectivity index (χ1v) is 7.13. The van der Waals surface area contributed by atoms with E-state index < -0.39 is 5.91 Å². The van der Waals surface area contributed by atoms with Gasteiger partial charge in [0.25, 0.3) is 11.9 Å². The minimum absolute atomic E-state index is 0.0602. The molecule has 0 unspecified atom stereocenters. The molecule has 0 saturated carbocycles. The molecule has 11 heteroatoms. The quantitative estimate of drug-likeness (QED) is 0.302. The minimum atomic E-state index is -0.645. The van der Waals surface area contributed by atoms with Crippen molar-refractivity contribution >= 4 is 39.9 Å². The average Bonchev–Trinajstić information content (AvgIpc) is 3.14. The fraction of sp³-hybridized carbons (Fsp3) is 0.0714. The van der Waals surface area contributed by atoms with Crippen LogP contribution in [-0.4, -0.2) is 35.8 Å². The van der Waals surface area contributed by atoms with Gasteiger partial charge in [0.15, 0.2) is 11.2 Å². The van der Waals surface area contributed by atoms with Crippen LogP contribution in [0, 0.1) is 0 Å². The lowest BCUT2D eigenvalue weighted by Crippen LogP contribution is -2.24. The smallest absolute Gasteiger partial charge is 0.292 e. The molecule has 3 aromatic heterocycles. The number of amides is 1. The van der Waals surface area contributed by atoms with Gasteiger partial charge in [-0.2, -0.15) is 10.1 Å². The molecule has 0 aliphatic heterocycles. The predicted molar refractivity (Wildman–Crippen MR) is 87.1 cm³/mol. The fourth-order valence-electron chi connectivity index (χ4n) is 2.61. The van der Waals surface area contributed by atoms with Crippen molar-refractivity contribution in [3.63, 3.8) is 0 Å². The van der Waals surface area contributed by atoms with E-state index in [4.69, 9.17) is 21.1 Å². The second-order valence-corrected chi connectivity index (χ2v) is 5.23. The molecule has 0 bridgehead atoms. The molecule has 0 saturated heterocycles. The molecular formula is C14H12N8O3. The van der Waals surface area contributed by atoms with Crippen molar-refractivity contribution in [3.8, 4) is 11.3 Å². The summed E-state index contributed by atoms with van der Waals surface area (Å²) in [6.45, 7) is -0.234. The van der Waals surface area contributed by atoms with Crippen molar-refractivity contribution in [1.29, 1.82) is 0 Å². The molecule has 4 aromatic rings. The third-order valence-electron chi connectivity index (χ3n) is 3.65. The molecule has 0 spiro atoms. The first-order valence-electron chi connectivity index (χ1n) is 7.13. The highest BCUT2D eigenvalue weighted by molar-refractivity contribution is 5.99. The Labute approximate surface area is 139 Å². The Morgan fingerprint density at radius 1 is 1.32 bits per heavy atom. The van der Waals surface area contributed by atoms with Crippen LogP contribution in [0.25, 0.3) is 33.4 Å². The minimum Gasteiger partial charge on any atom is -0.424 e. The van der Waals surface area contributed by atoms with E-state index in [-0.39, 0.29) is 18.4 Å². The van der Waals surface area contributed by atoms with E-state index in [1.165, 1.54) is 11.0 Å². The molecule has 25 heavy (non-hydrogen) atoms. The highest BCUT2D eigenvalue weighted by atomic mass is 16.5. The second kappa shape index (κ2) is 5.42. The van der Waals surface area contributed by atoms with Gasteiger partial charge in [0, 0.05) is 5.56 Å². The van der Waals surface area contributed by atoms with Gasteiger partial charge in [0.2, 0.25) is 0 Å². The van der Waals surface area contributed by atoms with Gasteiger partial charge in [0.1, 0.15) is 29.9 Å². The Morgan fingerprint density at radius 2 is 2.16 bits per heavy atom. The normalized spacial score (nSPS) is 11.2. The van der Waals surface area contributed by atoms with Crippen LogP contribution in [0.4, 0.5) is 11.8 Å². The van der Waals surface area contributed by atoms with Crippen LogP contribution in [0.3, 0.4) is 0 Å². The number of aromatic nitrogens is 5. The Bertz CT molecular complexity index is 1120. The standard InChI is InChI=1S/C14H12N8O3/c15-12-10-11(6-1-2-8-7(3-6)19-14(16)25-8)20-22(4-9(23)21-24)13(10)18-5-17-12/h1-3,5,24H,4H2,(H2,16,19)(H,21,23)(H2,15,17,18). The molecule has 3 heterocycles. The summed E-state index contributed by atoms with van der Waals surface area (Å²) in [4.78, 5) is 23.7. The Balaban J connectivity index is 1.94. The van der Waals surface area contributed by atoms with Gasteiger partial charge in [-0.15, -0.1) is 0 Å². The van der Waals surface area contributed by atoms with Crippen LogP contribution >= 0.6 is 0 Å². The largest absolute Gasteiger partial charge is 0.424 e. The van der Waals surface area contributed by atoms with Crippen LogP contribution in [0.5, 0.6) is 0 Å². The Kier molecular flexibility index (Phi) is 3.22. The predicted octanol–water partition coefficient (Wildman–Crippen LogP) is 0.304. The van der Waals surface area contributed by atoms with Crippen LogP contribution in [0.2, 0.25) is 0 Å². The summed E-state index contributed by atoms with van der Waals surface area (Å²) in [7, 11) is 0. The van der Waals surface area contributed by atoms with E-state index in [0.717, 1.165) is 0 Å². The molecule has 0 aliphatic carbocycles. The van der Waals surface area contributed by atoms with E-state index in [0.29, 0.717) is 33.4 Å². The SMILES string of the molecule is Nc1nc2cc(-c3nn(CC(=O)NO)c4ncnc(N)c34)ccc2o1. The number of anilines is 2. The number of carbonyl (C=O) groups is 1. The maximum atomic E-state index is 11.5. The third kappa shape index (κ3) is 2.38. The van der Waals surface area contributed by atoms with Crippen molar-refractivity contribution in [2.24, 2.45) is 0 Å². The van der Waals surface area contributed by atoms with E-state index >= 15 is 0 Å². The van der Waals surface area contributed by atoms with Crippen molar-refractivity contribution in [1.82, 2.24) is 30.2 Å². The van der Waals surface area contributed by atoms with E-state index in [1.807, 2.05) is 0 Å². The first-order chi connectivity index (χ1) is 12.1. The molecule has 0 aliphatic rings. The molecule has 4 rings (SSSR count). The molecule has 1 aromatic carbocycles. The van der Waals surface area contributed by atoms with Gasteiger partial charge in [0.05, 0.1) is 5.39 Å². The number of nitrogen functional groups attached to an aromatic ring is 2. The van der Waals surface area contributed by atoms with Gasteiger partial charge >= 0.3 is 0 Å². The lowest BCUT2D eigenvalue weighted by Gasteiger charge is -2.00. The van der Waals surface area contributed by atoms with Gasteiger partial charge in [-0.3, -0.25) is 10.0 Å². The fourth-order valence-corrected chi connectivity index (χ4v) is 2.61. The van der Waals surface area contributed by atoms with Gasteiger partial charge in [-0.05, 0) is 18.2 Å². The summed E-state index contributed by atoms with van der Waals surface area (Å²) in [6, 6.07) is 5.27. The highest BCUT2D eigenvalue weighted by Crippen LogP contribution is 2.32. The zero-order valence-corrected chi connectivity index (χ0v) is 12.7. The average molecular weight is 340 g/mol. The van der Waals surface area contributed by atoms with Gasteiger partial charge in [-0.25, -0.2) is 20.1 Å². The molecule has 0 radical (unpaired) electrons. The van der Waals surface area contributed by atoms with Crippen LogP contribution < -0.4 is 16.9 Å². The number of nitrogens with two attached hydrogens (primary N) is 2. The summed E-state index contributed by atoms with van der Waals surface area (Å²) in [6.07, 6.45) is 1.28. The van der Waals surface area contributed by atoms with Crippen LogP contribution in [0.15, 0.2) is 28.9 Å². The van der Waals surface area contributed by atoms with Gasteiger partial charge < -0.3 is 15.9 Å². The number of fused-ring (bicyclic) bond motifs is 2. The summed E-state index contributed by atoms with van der Waals surface area (Å²) in [5.41, 5.74) is 15.7. The maximum absolute atomic E-state index is 11.5. The number of hydroxylamine groups is 1.